The maximum absolute atomic E-state index is 10.3. The van der Waals surface area contributed by atoms with Crippen LogP contribution in [-0.2, 0) is 11.3 Å². The molecule has 0 spiro atoms. The van der Waals surface area contributed by atoms with Crippen LogP contribution in [0.4, 0.5) is 0 Å². The van der Waals surface area contributed by atoms with Gasteiger partial charge in [0.2, 0.25) is 0 Å². The topological polar surface area (TPSA) is 55.1 Å². The monoisotopic (exact) mass is 186 g/mol. The summed E-state index contributed by atoms with van der Waals surface area (Å²) in [5.41, 5.74) is 0. The van der Waals surface area contributed by atoms with Gasteiger partial charge in [-0.05, 0) is 6.26 Å². The normalized spacial score (nSPS) is 10.1. The molecule has 0 aromatic carbocycles. The molecule has 0 aliphatic carbocycles. The SMILES string of the molecule is CSc1nccn1CCC(=O)O. The van der Waals surface area contributed by atoms with E-state index >= 15 is 0 Å². The van der Waals surface area contributed by atoms with Crippen molar-refractivity contribution in [1.82, 2.24) is 9.55 Å². The summed E-state index contributed by atoms with van der Waals surface area (Å²) in [4.78, 5) is 14.3. The Hall–Kier alpha value is -0.970. The van der Waals surface area contributed by atoms with Gasteiger partial charge < -0.3 is 9.67 Å². The van der Waals surface area contributed by atoms with Crippen molar-refractivity contribution < 1.29 is 9.90 Å². The van der Waals surface area contributed by atoms with E-state index in [0.717, 1.165) is 5.16 Å². The molecule has 1 rings (SSSR count). The van der Waals surface area contributed by atoms with Gasteiger partial charge in [0.25, 0.3) is 0 Å². The Morgan fingerprint density at radius 2 is 2.58 bits per heavy atom. The molecule has 0 fully saturated rings. The molecule has 0 bridgehead atoms. The fraction of sp³-hybridized carbons (Fsp3) is 0.429. The second-order valence-corrected chi connectivity index (χ2v) is 3.02. The van der Waals surface area contributed by atoms with Gasteiger partial charge in [-0.3, -0.25) is 4.79 Å². The van der Waals surface area contributed by atoms with Gasteiger partial charge in [0, 0.05) is 18.9 Å². The van der Waals surface area contributed by atoms with Gasteiger partial charge in [-0.2, -0.15) is 0 Å². The van der Waals surface area contributed by atoms with E-state index in [2.05, 4.69) is 4.98 Å². The lowest BCUT2D eigenvalue weighted by Gasteiger charge is -2.02. The van der Waals surface area contributed by atoms with Gasteiger partial charge in [0.05, 0.1) is 6.42 Å². The summed E-state index contributed by atoms with van der Waals surface area (Å²) in [6, 6.07) is 0. The Labute approximate surface area is 74.6 Å². The van der Waals surface area contributed by atoms with Crippen molar-refractivity contribution in [1.29, 1.82) is 0 Å². The standard InChI is InChI=1S/C7H10N2O2S/c1-12-7-8-3-5-9(7)4-2-6(10)11/h3,5H,2,4H2,1H3,(H,10,11). The Bertz CT molecular complexity index is 272. The highest BCUT2D eigenvalue weighted by Crippen LogP contribution is 2.11. The molecular formula is C7H10N2O2S. The van der Waals surface area contributed by atoms with Crippen LogP contribution < -0.4 is 0 Å². The van der Waals surface area contributed by atoms with Gasteiger partial charge in [-0.25, -0.2) is 4.98 Å². The van der Waals surface area contributed by atoms with Gasteiger partial charge in [-0.1, -0.05) is 11.8 Å². The molecule has 12 heavy (non-hydrogen) atoms. The quantitative estimate of drug-likeness (QED) is 0.715. The molecule has 0 aliphatic rings. The number of carbonyl (C=O) groups is 1. The van der Waals surface area contributed by atoms with Gasteiger partial charge in [-0.15, -0.1) is 0 Å². The van der Waals surface area contributed by atoms with Crippen LogP contribution in [0, 0.1) is 0 Å². The molecule has 0 saturated heterocycles. The summed E-state index contributed by atoms with van der Waals surface area (Å²) >= 11 is 1.51. The first-order valence-corrected chi connectivity index (χ1v) is 4.73. The van der Waals surface area contributed by atoms with Crippen LogP contribution in [0.25, 0.3) is 0 Å². The highest BCUT2D eigenvalue weighted by molar-refractivity contribution is 7.98. The van der Waals surface area contributed by atoms with E-state index in [1.165, 1.54) is 11.8 Å². The summed E-state index contributed by atoms with van der Waals surface area (Å²) < 4.78 is 1.83. The minimum Gasteiger partial charge on any atom is -0.481 e. The van der Waals surface area contributed by atoms with Crippen molar-refractivity contribution in [2.24, 2.45) is 0 Å². The van der Waals surface area contributed by atoms with Crippen molar-refractivity contribution in [3.63, 3.8) is 0 Å². The minimum absolute atomic E-state index is 0.143. The number of imidazole rings is 1. The van der Waals surface area contributed by atoms with E-state index in [9.17, 15) is 4.79 Å². The molecule has 4 nitrogen and oxygen atoms in total. The zero-order valence-electron chi connectivity index (χ0n) is 6.73. The summed E-state index contributed by atoms with van der Waals surface area (Å²) in [5, 5.41) is 9.29. The highest BCUT2D eigenvalue weighted by Gasteiger charge is 2.02. The molecule has 0 atom stereocenters. The third-order valence-corrected chi connectivity index (χ3v) is 2.13. The summed E-state index contributed by atoms with van der Waals surface area (Å²) in [6.07, 6.45) is 5.52. The second-order valence-electron chi connectivity index (χ2n) is 2.25. The molecule has 0 radical (unpaired) electrons. The molecule has 1 heterocycles. The van der Waals surface area contributed by atoms with Crippen molar-refractivity contribution in [3.05, 3.63) is 12.4 Å². The lowest BCUT2D eigenvalue weighted by Crippen LogP contribution is -2.04. The molecule has 66 valence electrons. The average Bonchev–Trinajstić information content (AvgIpc) is 2.47. The van der Waals surface area contributed by atoms with Crippen LogP contribution in [0.3, 0.4) is 0 Å². The second kappa shape index (κ2) is 4.15. The first kappa shape index (κ1) is 9.12. The van der Waals surface area contributed by atoms with E-state index in [1.54, 1.807) is 12.4 Å². The van der Waals surface area contributed by atoms with Crippen molar-refractivity contribution >= 4 is 17.7 Å². The third-order valence-electron chi connectivity index (χ3n) is 1.43. The first-order chi connectivity index (χ1) is 5.74. The lowest BCUT2D eigenvalue weighted by molar-refractivity contribution is -0.137. The van der Waals surface area contributed by atoms with Crippen LogP contribution in [0.1, 0.15) is 6.42 Å². The number of aromatic nitrogens is 2. The third kappa shape index (κ3) is 2.27. The van der Waals surface area contributed by atoms with E-state index in [0.29, 0.717) is 6.54 Å². The summed E-state index contributed by atoms with van der Waals surface area (Å²) in [5.74, 6) is -0.782. The number of aryl methyl sites for hydroxylation is 1. The molecule has 5 heteroatoms. The maximum Gasteiger partial charge on any atom is 0.305 e. The molecule has 0 saturated carbocycles. The van der Waals surface area contributed by atoms with Gasteiger partial charge in [0.15, 0.2) is 5.16 Å². The van der Waals surface area contributed by atoms with E-state index in [4.69, 9.17) is 5.11 Å². The average molecular weight is 186 g/mol. The van der Waals surface area contributed by atoms with Crippen LogP contribution in [0.15, 0.2) is 17.6 Å². The van der Waals surface area contributed by atoms with Gasteiger partial charge in [0.1, 0.15) is 0 Å². The minimum atomic E-state index is -0.782. The molecular weight excluding hydrogens is 176 g/mol. The number of rotatable bonds is 4. The number of hydrogen-bond acceptors (Lipinski definition) is 3. The Morgan fingerprint density at radius 1 is 1.83 bits per heavy atom. The number of hydrogen-bond donors (Lipinski definition) is 1. The van der Waals surface area contributed by atoms with Crippen LogP contribution in [0.5, 0.6) is 0 Å². The molecule has 0 amide bonds. The Kier molecular flexibility index (Phi) is 3.16. The molecule has 0 aliphatic heterocycles. The number of carboxylic acids is 1. The van der Waals surface area contributed by atoms with Crippen molar-refractivity contribution in [2.75, 3.05) is 6.26 Å². The Morgan fingerprint density at radius 3 is 3.17 bits per heavy atom. The maximum atomic E-state index is 10.3. The number of carboxylic acid groups (broad SMARTS) is 1. The fourth-order valence-corrected chi connectivity index (χ4v) is 1.42. The van der Waals surface area contributed by atoms with Crippen molar-refractivity contribution in [2.45, 2.75) is 18.1 Å². The smallest absolute Gasteiger partial charge is 0.305 e. The van der Waals surface area contributed by atoms with Crippen LogP contribution in [0.2, 0.25) is 0 Å². The van der Waals surface area contributed by atoms with Crippen LogP contribution >= 0.6 is 11.8 Å². The van der Waals surface area contributed by atoms with Crippen molar-refractivity contribution in [3.8, 4) is 0 Å². The predicted molar refractivity (Wildman–Crippen MR) is 46.3 cm³/mol. The number of aliphatic carboxylic acids is 1. The molecule has 1 N–H and O–H groups in total. The molecule has 0 unspecified atom stereocenters. The van der Waals surface area contributed by atoms with E-state index in [1.807, 2.05) is 10.8 Å². The largest absolute Gasteiger partial charge is 0.481 e. The first-order valence-electron chi connectivity index (χ1n) is 3.51. The zero-order chi connectivity index (χ0) is 8.97. The fourth-order valence-electron chi connectivity index (χ4n) is 0.872. The summed E-state index contributed by atoms with van der Waals surface area (Å²) in [7, 11) is 0. The molecule has 1 aromatic heterocycles. The Balaban J connectivity index is 2.56. The highest BCUT2D eigenvalue weighted by atomic mass is 32.2. The van der Waals surface area contributed by atoms with Gasteiger partial charge >= 0.3 is 5.97 Å². The summed E-state index contributed by atoms with van der Waals surface area (Å²) in [6.45, 7) is 0.492. The lowest BCUT2D eigenvalue weighted by atomic mass is 10.4. The predicted octanol–water partition coefficient (Wildman–Crippen LogP) is 1.08. The number of nitrogens with zero attached hydrogens (tertiary/aromatic N) is 2. The van der Waals surface area contributed by atoms with E-state index in [-0.39, 0.29) is 6.42 Å². The molecule has 1 aromatic rings. The van der Waals surface area contributed by atoms with Crippen LogP contribution in [-0.4, -0.2) is 26.9 Å². The zero-order valence-corrected chi connectivity index (χ0v) is 7.54. The van der Waals surface area contributed by atoms with E-state index < -0.39 is 5.97 Å². The number of thioether (sulfide) groups is 1.